The normalized spacial score (nSPS) is 17.6. The molecule has 0 saturated carbocycles. The number of nitrogens with zero attached hydrogens (tertiary/aromatic N) is 3. The number of hydrogen-bond donors (Lipinski definition) is 1. The van der Waals surface area contributed by atoms with Gasteiger partial charge in [-0.05, 0) is 29.9 Å². The highest BCUT2D eigenvalue weighted by Crippen LogP contribution is 2.39. The number of rotatable bonds is 4. The van der Waals surface area contributed by atoms with E-state index in [1.807, 2.05) is 41.2 Å². The van der Waals surface area contributed by atoms with Crippen molar-refractivity contribution in [2.75, 3.05) is 45.5 Å². The third-order valence-corrected chi connectivity index (χ3v) is 7.57. The summed E-state index contributed by atoms with van der Waals surface area (Å²) in [6, 6.07) is 4.00. The predicted molar refractivity (Wildman–Crippen MR) is 110 cm³/mol. The maximum Gasteiger partial charge on any atom is 0.257 e. The Morgan fingerprint density at radius 2 is 1.89 bits per heavy atom. The second-order valence-corrected chi connectivity index (χ2v) is 9.01. The fourth-order valence-electron chi connectivity index (χ4n) is 3.64. The molecule has 2 aliphatic heterocycles. The molecule has 0 bridgehead atoms. The molecule has 27 heavy (non-hydrogen) atoms. The van der Waals surface area contributed by atoms with Crippen LogP contribution >= 0.6 is 23.1 Å². The van der Waals surface area contributed by atoms with Crippen molar-refractivity contribution in [3.8, 4) is 5.00 Å². The first-order valence-corrected chi connectivity index (χ1v) is 11.2. The van der Waals surface area contributed by atoms with Crippen LogP contribution in [0.3, 0.4) is 0 Å². The van der Waals surface area contributed by atoms with Crippen LogP contribution in [0.4, 0.5) is 0 Å². The van der Waals surface area contributed by atoms with Gasteiger partial charge in [0.1, 0.15) is 5.00 Å². The second kappa shape index (κ2) is 8.08. The van der Waals surface area contributed by atoms with Crippen LogP contribution in [0.25, 0.3) is 5.00 Å². The molecule has 0 aliphatic carbocycles. The SMILES string of the molecule is CNC(=O)CN1CCN(C(=O)c2c(-n3cccc3)sc3c2CCSC3)CC1. The topological polar surface area (TPSA) is 57.6 Å². The van der Waals surface area contributed by atoms with E-state index in [-0.39, 0.29) is 11.8 Å². The van der Waals surface area contributed by atoms with E-state index in [4.69, 9.17) is 0 Å². The van der Waals surface area contributed by atoms with Crippen LogP contribution in [0, 0.1) is 0 Å². The second-order valence-electron chi connectivity index (χ2n) is 6.82. The maximum absolute atomic E-state index is 13.4. The van der Waals surface area contributed by atoms with Gasteiger partial charge in [0.15, 0.2) is 0 Å². The fourth-order valence-corrected chi connectivity index (χ4v) is 6.08. The number of piperazine rings is 1. The van der Waals surface area contributed by atoms with Gasteiger partial charge < -0.3 is 14.8 Å². The minimum Gasteiger partial charge on any atom is -0.358 e. The third-order valence-electron chi connectivity index (χ3n) is 5.16. The Morgan fingerprint density at radius 3 is 2.59 bits per heavy atom. The number of carbonyl (C=O) groups is 2. The summed E-state index contributed by atoms with van der Waals surface area (Å²) in [5.74, 6) is 2.24. The van der Waals surface area contributed by atoms with Gasteiger partial charge in [0, 0.05) is 56.3 Å². The zero-order valence-electron chi connectivity index (χ0n) is 15.4. The number of fused-ring (bicyclic) bond motifs is 1. The lowest BCUT2D eigenvalue weighted by Gasteiger charge is -2.34. The van der Waals surface area contributed by atoms with Gasteiger partial charge in [0.2, 0.25) is 5.91 Å². The van der Waals surface area contributed by atoms with E-state index in [1.54, 1.807) is 18.4 Å². The summed E-state index contributed by atoms with van der Waals surface area (Å²) in [6.07, 6.45) is 5.00. The molecular weight excluding hydrogens is 380 g/mol. The van der Waals surface area contributed by atoms with Gasteiger partial charge in [-0.3, -0.25) is 14.5 Å². The molecule has 0 aromatic carbocycles. The van der Waals surface area contributed by atoms with Crippen molar-refractivity contribution in [1.82, 2.24) is 19.7 Å². The van der Waals surface area contributed by atoms with E-state index in [2.05, 4.69) is 14.8 Å². The molecule has 0 radical (unpaired) electrons. The zero-order chi connectivity index (χ0) is 18.8. The number of thioether (sulfide) groups is 1. The summed E-state index contributed by atoms with van der Waals surface area (Å²) in [5.41, 5.74) is 2.14. The van der Waals surface area contributed by atoms with Crippen LogP contribution in [0.2, 0.25) is 0 Å². The largest absolute Gasteiger partial charge is 0.358 e. The van der Waals surface area contributed by atoms with Crippen molar-refractivity contribution in [1.29, 1.82) is 0 Å². The van der Waals surface area contributed by atoms with Gasteiger partial charge in [0.05, 0.1) is 12.1 Å². The molecular formula is C19H24N4O2S2. The van der Waals surface area contributed by atoms with Crippen LogP contribution in [0.5, 0.6) is 0 Å². The molecule has 2 aromatic heterocycles. The average molecular weight is 405 g/mol. The van der Waals surface area contributed by atoms with E-state index in [1.165, 1.54) is 10.4 Å². The highest BCUT2D eigenvalue weighted by atomic mass is 32.2. The fraction of sp³-hybridized carbons (Fsp3) is 0.474. The molecule has 6 nitrogen and oxygen atoms in total. The molecule has 1 N–H and O–H groups in total. The Morgan fingerprint density at radius 1 is 1.15 bits per heavy atom. The third kappa shape index (κ3) is 3.79. The predicted octanol–water partition coefficient (Wildman–Crippen LogP) is 1.83. The molecule has 144 valence electrons. The summed E-state index contributed by atoms with van der Waals surface area (Å²) in [6.45, 7) is 3.21. The van der Waals surface area contributed by atoms with Gasteiger partial charge in [-0.2, -0.15) is 11.8 Å². The van der Waals surface area contributed by atoms with Crippen LogP contribution < -0.4 is 5.32 Å². The van der Waals surface area contributed by atoms with Crippen molar-refractivity contribution >= 4 is 34.9 Å². The molecule has 4 rings (SSSR count). The van der Waals surface area contributed by atoms with Gasteiger partial charge in [0.25, 0.3) is 5.91 Å². The lowest BCUT2D eigenvalue weighted by atomic mass is 10.1. The molecule has 2 aliphatic rings. The lowest BCUT2D eigenvalue weighted by molar-refractivity contribution is -0.122. The first-order valence-electron chi connectivity index (χ1n) is 9.25. The summed E-state index contributed by atoms with van der Waals surface area (Å²) < 4.78 is 2.07. The number of amides is 2. The Kier molecular flexibility index (Phi) is 5.56. The van der Waals surface area contributed by atoms with Crippen molar-refractivity contribution in [2.24, 2.45) is 0 Å². The van der Waals surface area contributed by atoms with Crippen molar-refractivity contribution < 1.29 is 9.59 Å². The smallest absolute Gasteiger partial charge is 0.257 e. The number of hydrogen-bond acceptors (Lipinski definition) is 5. The molecule has 4 heterocycles. The summed E-state index contributed by atoms with van der Waals surface area (Å²) in [5, 5.41) is 3.71. The number of nitrogens with one attached hydrogen (secondary N) is 1. The van der Waals surface area contributed by atoms with E-state index in [0.717, 1.165) is 41.6 Å². The molecule has 8 heteroatoms. The van der Waals surface area contributed by atoms with Crippen LogP contribution in [-0.4, -0.2) is 71.7 Å². The summed E-state index contributed by atoms with van der Waals surface area (Å²) >= 11 is 3.70. The van der Waals surface area contributed by atoms with Gasteiger partial charge in [-0.25, -0.2) is 0 Å². The van der Waals surface area contributed by atoms with Gasteiger partial charge >= 0.3 is 0 Å². The number of aromatic nitrogens is 1. The van der Waals surface area contributed by atoms with Gasteiger partial charge in [-0.1, -0.05) is 0 Å². The zero-order valence-corrected chi connectivity index (χ0v) is 17.1. The lowest BCUT2D eigenvalue weighted by Crippen LogP contribution is -2.51. The molecule has 2 amide bonds. The average Bonchev–Trinajstić information content (AvgIpc) is 3.35. The maximum atomic E-state index is 13.4. The summed E-state index contributed by atoms with van der Waals surface area (Å²) in [4.78, 5) is 30.4. The van der Waals surface area contributed by atoms with E-state index in [9.17, 15) is 9.59 Å². The van der Waals surface area contributed by atoms with Crippen LogP contribution in [-0.2, 0) is 17.0 Å². The Hall–Kier alpha value is -1.77. The monoisotopic (exact) mass is 404 g/mol. The number of likely N-dealkylation sites (N-methyl/N-ethyl adjacent to an activating group) is 1. The molecule has 0 unspecified atom stereocenters. The minimum atomic E-state index is 0.0223. The van der Waals surface area contributed by atoms with E-state index >= 15 is 0 Å². The van der Waals surface area contributed by atoms with E-state index in [0.29, 0.717) is 19.6 Å². The quantitative estimate of drug-likeness (QED) is 0.845. The highest BCUT2D eigenvalue weighted by molar-refractivity contribution is 7.98. The molecule has 1 saturated heterocycles. The number of carbonyl (C=O) groups excluding carboxylic acids is 2. The highest BCUT2D eigenvalue weighted by Gasteiger charge is 2.31. The molecule has 1 fully saturated rings. The summed E-state index contributed by atoms with van der Waals surface area (Å²) in [7, 11) is 1.66. The molecule has 0 atom stereocenters. The molecule has 2 aromatic rings. The van der Waals surface area contributed by atoms with Crippen LogP contribution in [0.1, 0.15) is 20.8 Å². The first-order chi connectivity index (χ1) is 13.2. The van der Waals surface area contributed by atoms with Crippen LogP contribution in [0.15, 0.2) is 24.5 Å². The van der Waals surface area contributed by atoms with E-state index < -0.39 is 0 Å². The van der Waals surface area contributed by atoms with Crippen molar-refractivity contribution in [3.05, 3.63) is 40.5 Å². The first kappa shape index (κ1) is 18.6. The molecule has 0 spiro atoms. The minimum absolute atomic E-state index is 0.0223. The Labute approximate surface area is 167 Å². The van der Waals surface area contributed by atoms with Gasteiger partial charge in [-0.15, -0.1) is 11.3 Å². The Balaban J connectivity index is 1.56. The Bertz CT molecular complexity index is 823. The number of thiophene rings is 1. The van der Waals surface area contributed by atoms with Crippen molar-refractivity contribution in [3.63, 3.8) is 0 Å². The standard InChI is InChI=1S/C19H24N4O2S2/c1-20-16(24)12-21-7-9-22(10-8-21)18(25)17-14-4-11-26-13-15(14)27-19(17)23-5-2-3-6-23/h2-3,5-6H,4,7-13H2,1H3,(H,20,24). The van der Waals surface area contributed by atoms with Crippen molar-refractivity contribution in [2.45, 2.75) is 12.2 Å².